The summed E-state index contributed by atoms with van der Waals surface area (Å²) in [6.07, 6.45) is 3.30. The summed E-state index contributed by atoms with van der Waals surface area (Å²) in [6, 6.07) is 15.9. The largest absolute Gasteiger partial charge is 0.450 e. The maximum absolute atomic E-state index is 13.3. The van der Waals surface area contributed by atoms with Crippen LogP contribution in [0.2, 0.25) is 0 Å². The zero-order chi connectivity index (χ0) is 23.3. The minimum absolute atomic E-state index is 0.0427. The first-order valence-electron chi connectivity index (χ1n) is 10.7. The molecule has 0 unspecified atom stereocenters. The number of ether oxygens (including phenoxy) is 1. The summed E-state index contributed by atoms with van der Waals surface area (Å²) >= 11 is 0. The van der Waals surface area contributed by atoms with Crippen molar-refractivity contribution in [1.82, 2.24) is 4.90 Å². The lowest BCUT2D eigenvalue weighted by Crippen LogP contribution is -2.41. The number of hydrogen-bond donors (Lipinski definition) is 0. The Morgan fingerprint density at radius 3 is 1.59 bits per heavy atom. The molecule has 1 heterocycles. The number of ketones is 1. The third-order valence-electron chi connectivity index (χ3n) is 5.33. The SMILES string of the molecule is CCOC(=O)N1C/C(=C\c2ccc(N(C)C)cc2)C(=O)/C(=C/c2ccc(N(C)C)cc2)C1. The summed E-state index contributed by atoms with van der Waals surface area (Å²) in [6.45, 7) is 2.52. The van der Waals surface area contributed by atoms with E-state index in [1.165, 1.54) is 0 Å². The van der Waals surface area contributed by atoms with Crippen LogP contribution in [-0.2, 0) is 9.53 Å². The van der Waals surface area contributed by atoms with Gasteiger partial charge in [0, 0.05) is 50.7 Å². The maximum Gasteiger partial charge on any atom is 0.410 e. The molecule has 2 aromatic rings. The second-order valence-electron chi connectivity index (χ2n) is 8.20. The molecule has 1 amide bonds. The Labute approximate surface area is 190 Å². The Morgan fingerprint density at radius 1 is 0.844 bits per heavy atom. The molecule has 0 aliphatic carbocycles. The number of hydrogen-bond acceptors (Lipinski definition) is 5. The number of anilines is 2. The third kappa shape index (κ3) is 5.58. The van der Waals surface area contributed by atoms with Crippen molar-refractivity contribution >= 4 is 35.4 Å². The van der Waals surface area contributed by atoms with Gasteiger partial charge >= 0.3 is 6.09 Å². The molecule has 0 spiro atoms. The lowest BCUT2D eigenvalue weighted by atomic mass is 9.94. The number of likely N-dealkylation sites (tertiary alicyclic amines) is 1. The summed E-state index contributed by atoms with van der Waals surface area (Å²) in [4.78, 5) is 31.4. The number of rotatable bonds is 5. The number of nitrogens with zero attached hydrogens (tertiary/aromatic N) is 3. The van der Waals surface area contributed by atoms with Gasteiger partial charge in [0.15, 0.2) is 5.78 Å². The highest BCUT2D eigenvalue weighted by molar-refractivity contribution is 6.15. The molecule has 1 saturated heterocycles. The molecule has 1 fully saturated rings. The second kappa shape index (κ2) is 10.2. The normalized spacial score (nSPS) is 16.4. The van der Waals surface area contributed by atoms with E-state index in [1.807, 2.05) is 98.7 Å². The number of piperidine rings is 1. The zero-order valence-corrected chi connectivity index (χ0v) is 19.5. The maximum atomic E-state index is 13.3. The Bertz CT molecular complexity index is 946. The molecular formula is C26H31N3O3. The van der Waals surface area contributed by atoms with E-state index in [9.17, 15) is 9.59 Å². The van der Waals surface area contributed by atoms with Crippen molar-refractivity contribution in [2.45, 2.75) is 6.92 Å². The molecule has 168 valence electrons. The van der Waals surface area contributed by atoms with Crippen molar-refractivity contribution in [2.75, 3.05) is 57.7 Å². The average Bonchev–Trinajstić information content (AvgIpc) is 2.77. The summed E-state index contributed by atoms with van der Waals surface area (Å²) < 4.78 is 5.21. The molecular weight excluding hydrogens is 402 g/mol. The van der Waals surface area contributed by atoms with Gasteiger partial charge in [-0.3, -0.25) is 9.69 Å². The van der Waals surface area contributed by atoms with Gasteiger partial charge in [-0.15, -0.1) is 0 Å². The van der Waals surface area contributed by atoms with Crippen LogP contribution in [-0.4, -0.2) is 64.7 Å². The standard InChI is InChI=1S/C26H31N3O3/c1-6-32-26(31)29-17-21(15-19-7-11-23(12-8-19)27(2)3)25(30)22(18-29)16-20-9-13-24(14-10-20)28(4)5/h7-16H,6,17-18H2,1-5H3/b21-15+,22-16+. The number of benzene rings is 2. The summed E-state index contributed by atoms with van der Waals surface area (Å²) in [5, 5.41) is 0. The molecule has 0 saturated carbocycles. The van der Waals surface area contributed by atoms with Crippen LogP contribution in [0.25, 0.3) is 12.2 Å². The zero-order valence-electron chi connectivity index (χ0n) is 19.5. The molecule has 0 N–H and O–H groups in total. The van der Waals surface area contributed by atoms with Gasteiger partial charge in [-0.05, 0) is 54.5 Å². The Balaban J connectivity index is 1.94. The van der Waals surface area contributed by atoms with Crippen molar-refractivity contribution in [2.24, 2.45) is 0 Å². The summed E-state index contributed by atoms with van der Waals surface area (Å²) in [5.74, 6) is -0.0427. The van der Waals surface area contributed by atoms with E-state index in [0.717, 1.165) is 22.5 Å². The van der Waals surface area contributed by atoms with E-state index in [4.69, 9.17) is 4.74 Å². The van der Waals surface area contributed by atoms with Crippen LogP contribution in [0.1, 0.15) is 18.1 Å². The quantitative estimate of drug-likeness (QED) is 0.657. The van der Waals surface area contributed by atoms with Crippen LogP contribution in [0.3, 0.4) is 0 Å². The monoisotopic (exact) mass is 433 g/mol. The lowest BCUT2D eigenvalue weighted by molar-refractivity contribution is -0.113. The molecule has 32 heavy (non-hydrogen) atoms. The van der Waals surface area contributed by atoms with E-state index < -0.39 is 6.09 Å². The van der Waals surface area contributed by atoms with E-state index in [1.54, 1.807) is 11.8 Å². The van der Waals surface area contributed by atoms with Gasteiger partial charge in [-0.1, -0.05) is 24.3 Å². The lowest BCUT2D eigenvalue weighted by Gasteiger charge is -2.29. The fraction of sp³-hybridized carbons (Fsp3) is 0.308. The minimum Gasteiger partial charge on any atom is -0.450 e. The first kappa shape index (κ1) is 23.1. The molecule has 1 aliphatic rings. The topological polar surface area (TPSA) is 53.1 Å². The first-order valence-corrected chi connectivity index (χ1v) is 10.7. The number of amides is 1. The number of carbonyl (C=O) groups excluding carboxylic acids is 2. The highest BCUT2D eigenvalue weighted by Gasteiger charge is 2.29. The molecule has 0 atom stereocenters. The van der Waals surface area contributed by atoms with Crippen molar-refractivity contribution in [3.63, 3.8) is 0 Å². The third-order valence-corrected chi connectivity index (χ3v) is 5.33. The molecule has 0 bridgehead atoms. The average molecular weight is 434 g/mol. The molecule has 0 aromatic heterocycles. The van der Waals surface area contributed by atoms with Crippen LogP contribution < -0.4 is 9.80 Å². The predicted molar refractivity (Wildman–Crippen MR) is 131 cm³/mol. The van der Waals surface area contributed by atoms with Crippen molar-refractivity contribution < 1.29 is 14.3 Å². The van der Waals surface area contributed by atoms with Crippen molar-refractivity contribution in [1.29, 1.82) is 0 Å². The van der Waals surface area contributed by atoms with Gasteiger partial charge in [-0.25, -0.2) is 4.79 Å². The van der Waals surface area contributed by atoms with Gasteiger partial charge in [-0.2, -0.15) is 0 Å². The van der Waals surface area contributed by atoms with Gasteiger partial charge < -0.3 is 14.5 Å². The van der Waals surface area contributed by atoms with Gasteiger partial charge in [0.25, 0.3) is 0 Å². The second-order valence-corrected chi connectivity index (χ2v) is 8.20. The van der Waals surface area contributed by atoms with Crippen molar-refractivity contribution in [3.05, 3.63) is 70.8 Å². The van der Waals surface area contributed by atoms with Crippen LogP contribution in [0.5, 0.6) is 0 Å². The van der Waals surface area contributed by atoms with Gasteiger partial charge in [0.2, 0.25) is 0 Å². The van der Waals surface area contributed by atoms with E-state index in [2.05, 4.69) is 0 Å². The molecule has 1 aliphatic heterocycles. The fourth-order valence-corrected chi connectivity index (χ4v) is 3.52. The Kier molecular flexibility index (Phi) is 7.36. The van der Waals surface area contributed by atoms with E-state index >= 15 is 0 Å². The molecule has 3 rings (SSSR count). The molecule has 2 aromatic carbocycles. The fourth-order valence-electron chi connectivity index (χ4n) is 3.52. The van der Waals surface area contributed by atoms with Crippen molar-refractivity contribution in [3.8, 4) is 0 Å². The van der Waals surface area contributed by atoms with Gasteiger partial charge in [0.05, 0.1) is 19.7 Å². The smallest absolute Gasteiger partial charge is 0.410 e. The van der Waals surface area contributed by atoms with E-state index in [0.29, 0.717) is 17.8 Å². The first-order chi connectivity index (χ1) is 15.3. The predicted octanol–water partition coefficient (Wildman–Crippen LogP) is 4.33. The van der Waals surface area contributed by atoms with Crippen LogP contribution >= 0.6 is 0 Å². The number of Topliss-reactive ketones (excluding diaryl/α,β-unsaturated/α-hetero) is 1. The van der Waals surface area contributed by atoms with Crippen LogP contribution in [0.15, 0.2) is 59.7 Å². The Morgan fingerprint density at radius 2 is 1.25 bits per heavy atom. The van der Waals surface area contributed by atoms with E-state index in [-0.39, 0.29) is 18.9 Å². The summed E-state index contributed by atoms with van der Waals surface area (Å²) in [5.41, 5.74) is 5.13. The highest BCUT2D eigenvalue weighted by Crippen LogP contribution is 2.24. The van der Waals surface area contributed by atoms with Gasteiger partial charge in [0.1, 0.15) is 0 Å². The Hall–Kier alpha value is -3.54. The van der Waals surface area contributed by atoms with Crippen LogP contribution in [0.4, 0.5) is 16.2 Å². The highest BCUT2D eigenvalue weighted by atomic mass is 16.6. The molecule has 6 nitrogen and oxygen atoms in total. The van der Waals surface area contributed by atoms with Crippen LogP contribution in [0, 0.1) is 0 Å². The summed E-state index contributed by atoms with van der Waals surface area (Å²) in [7, 11) is 7.93. The number of carbonyl (C=O) groups is 2. The molecule has 6 heteroatoms. The minimum atomic E-state index is -0.414. The molecule has 0 radical (unpaired) electrons.